The molecular formula is C38H22Cl2F6N4O7. The topological polar surface area (TPSA) is 132 Å². The summed E-state index contributed by atoms with van der Waals surface area (Å²) in [5.74, 6) is -4.72. The number of carbonyl (C=O) groups is 4. The van der Waals surface area contributed by atoms with Gasteiger partial charge >= 0.3 is 36.2 Å². The summed E-state index contributed by atoms with van der Waals surface area (Å²) < 4.78 is 97.4. The van der Waals surface area contributed by atoms with Crippen molar-refractivity contribution in [1.29, 1.82) is 0 Å². The van der Waals surface area contributed by atoms with E-state index in [1.165, 1.54) is 72.8 Å². The third-order valence-electron chi connectivity index (χ3n) is 7.86. The summed E-state index contributed by atoms with van der Waals surface area (Å²) >= 11 is 12.4. The molecule has 0 saturated carbocycles. The Labute approximate surface area is 326 Å². The minimum absolute atomic E-state index is 0.0101. The third-order valence-corrected chi connectivity index (χ3v) is 8.50. The number of halogens is 8. The van der Waals surface area contributed by atoms with Crippen LogP contribution in [-0.2, 0) is 36.2 Å². The van der Waals surface area contributed by atoms with E-state index in [0.717, 1.165) is 21.5 Å². The Morgan fingerprint density at radius 1 is 0.544 bits per heavy atom. The highest BCUT2D eigenvalue weighted by atomic mass is 35.5. The summed E-state index contributed by atoms with van der Waals surface area (Å²) in [6.07, 6.45) is -9.53. The number of alkyl halides is 6. The van der Waals surface area contributed by atoms with E-state index in [-0.39, 0.29) is 55.1 Å². The van der Waals surface area contributed by atoms with Gasteiger partial charge in [0.25, 0.3) is 0 Å². The van der Waals surface area contributed by atoms with Gasteiger partial charge in [-0.15, -0.1) is 0 Å². The standard InChI is InChI=1S/C38H22Cl2F6N4O7/c39-25-5-1-3-7-27(25)49-29(17-31(47-49)37(41,42)43)21-9-13-23(14-10-21)35(53)55-19-33(51)57-34(52)20-56-36(54)24-15-11-22(12-16-24)30-18-32(38(44,45)46)48-50(30)28-8-4-2-6-26(28)40/h1-18H,19-20H2. The molecule has 0 amide bonds. The highest BCUT2D eigenvalue weighted by Crippen LogP contribution is 2.36. The number of ether oxygens (including phenoxy) is 3. The van der Waals surface area contributed by atoms with Crippen molar-refractivity contribution < 1.29 is 59.7 Å². The molecule has 2 aromatic heterocycles. The molecule has 0 N–H and O–H groups in total. The van der Waals surface area contributed by atoms with Crippen LogP contribution in [0.4, 0.5) is 26.3 Å². The quantitative estimate of drug-likeness (QED) is 0.0575. The molecule has 6 aromatic rings. The Hall–Kier alpha value is -6.46. The molecule has 0 aliphatic carbocycles. The van der Waals surface area contributed by atoms with Crippen molar-refractivity contribution in [3.63, 3.8) is 0 Å². The van der Waals surface area contributed by atoms with E-state index in [1.54, 1.807) is 24.3 Å². The van der Waals surface area contributed by atoms with Crippen LogP contribution >= 0.6 is 23.2 Å². The molecule has 292 valence electrons. The van der Waals surface area contributed by atoms with Gasteiger partial charge in [0.05, 0.1) is 43.9 Å². The number of aromatic nitrogens is 4. The number of nitrogens with zero attached hydrogens (tertiary/aromatic N) is 4. The lowest BCUT2D eigenvalue weighted by Crippen LogP contribution is -2.23. The van der Waals surface area contributed by atoms with Gasteiger partial charge in [0.1, 0.15) is 0 Å². The van der Waals surface area contributed by atoms with E-state index >= 15 is 0 Å². The van der Waals surface area contributed by atoms with E-state index < -0.39 is 60.8 Å². The largest absolute Gasteiger partial charge is 0.450 e. The van der Waals surface area contributed by atoms with Crippen molar-refractivity contribution in [2.45, 2.75) is 12.4 Å². The second-order valence-corrected chi connectivity index (χ2v) is 12.5. The number of esters is 4. The molecule has 0 saturated heterocycles. The van der Waals surface area contributed by atoms with Crippen molar-refractivity contribution in [2.75, 3.05) is 13.2 Å². The average Bonchev–Trinajstić information content (AvgIpc) is 3.83. The second-order valence-electron chi connectivity index (χ2n) is 11.7. The Bertz CT molecular complexity index is 2310. The van der Waals surface area contributed by atoms with Gasteiger partial charge in [-0.3, -0.25) is 0 Å². The van der Waals surface area contributed by atoms with Gasteiger partial charge < -0.3 is 14.2 Å². The zero-order valence-corrected chi connectivity index (χ0v) is 30.0. The van der Waals surface area contributed by atoms with Crippen molar-refractivity contribution in [2.24, 2.45) is 0 Å². The summed E-state index contributed by atoms with van der Waals surface area (Å²) in [6, 6.07) is 24.1. The molecule has 0 aliphatic rings. The molecule has 19 heteroatoms. The number of carbonyl (C=O) groups excluding carboxylic acids is 4. The molecule has 57 heavy (non-hydrogen) atoms. The van der Waals surface area contributed by atoms with Gasteiger partial charge in [0, 0.05) is 11.1 Å². The van der Waals surface area contributed by atoms with E-state index in [2.05, 4.69) is 14.9 Å². The first kappa shape index (κ1) is 40.2. The first-order valence-corrected chi connectivity index (χ1v) is 16.9. The fourth-order valence-electron chi connectivity index (χ4n) is 5.22. The Balaban J connectivity index is 1.02. The maximum atomic E-state index is 13.5. The maximum absolute atomic E-state index is 13.5. The number of para-hydroxylation sites is 2. The molecule has 0 fully saturated rings. The minimum atomic E-state index is -4.76. The molecule has 2 heterocycles. The minimum Gasteiger partial charge on any atom is -0.450 e. The lowest BCUT2D eigenvalue weighted by molar-refractivity contribution is -0.163. The van der Waals surface area contributed by atoms with Gasteiger partial charge in [-0.2, -0.15) is 36.5 Å². The predicted molar refractivity (Wildman–Crippen MR) is 190 cm³/mol. The maximum Gasteiger partial charge on any atom is 0.435 e. The van der Waals surface area contributed by atoms with Gasteiger partial charge in [-0.05, 0) is 60.7 Å². The van der Waals surface area contributed by atoms with Crippen LogP contribution in [0.1, 0.15) is 32.1 Å². The van der Waals surface area contributed by atoms with Crippen LogP contribution in [0.15, 0.2) is 109 Å². The van der Waals surface area contributed by atoms with Crippen LogP contribution in [0.3, 0.4) is 0 Å². The number of benzene rings is 4. The lowest BCUT2D eigenvalue weighted by Gasteiger charge is -2.10. The zero-order valence-electron chi connectivity index (χ0n) is 28.5. The third kappa shape index (κ3) is 9.33. The summed E-state index contributed by atoms with van der Waals surface area (Å²) in [6.45, 7) is -2.06. The Kier molecular flexibility index (Phi) is 11.5. The van der Waals surface area contributed by atoms with Crippen LogP contribution in [0.5, 0.6) is 0 Å². The first-order valence-electron chi connectivity index (χ1n) is 16.1. The SMILES string of the molecule is O=C(COC(=O)c1ccc(-c2cc(C(F)(F)F)nn2-c2ccccc2Cl)cc1)OC(=O)COC(=O)c1ccc(-c2cc(C(F)(F)F)nn2-c2ccccc2Cl)cc1. The fraction of sp³-hybridized carbons (Fsp3) is 0.105. The van der Waals surface area contributed by atoms with Crippen molar-refractivity contribution in [1.82, 2.24) is 19.6 Å². The van der Waals surface area contributed by atoms with E-state index in [0.29, 0.717) is 0 Å². The molecular weight excluding hydrogens is 809 g/mol. The van der Waals surface area contributed by atoms with Crippen LogP contribution in [-0.4, -0.2) is 56.7 Å². The highest BCUT2D eigenvalue weighted by molar-refractivity contribution is 6.32. The van der Waals surface area contributed by atoms with Gasteiger partial charge in [0.2, 0.25) is 0 Å². The van der Waals surface area contributed by atoms with Gasteiger partial charge in [-0.25, -0.2) is 28.5 Å². The highest BCUT2D eigenvalue weighted by Gasteiger charge is 2.36. The average molecular weight is 832 g/mol. The van der Waals surface area contributed by atoms with E-state index in [1.807, 2.05) is 0 Å². The van der Waals surface area contributed by atoms with Gasteiger partial charge in [-0.1, -0.05) is 71.7 Å². The summed E-state index contributed by atoms with van der Waals surface area (Å²) in [7, 11) is 0. The number of hydrogen-bond acceptors (Lipinski definition) is 9. The van der Waals surface area contributed by atoms with Crippen molar-refractivity contribution in [3.8, 4) is 33.9 Å². The molecule has 0 aliphatic heterocycles. The summed E-state index contributed by atoms with van der Waals surface area (Å²) in [4.78, 5) is 49.4. The van der Waals surface area contributed by atoms with E-state index in [9.17, 15) is 45.5 Å². The van der Waals surface area contributed by atoms with Crippen LogP contribution < -0.4 is 0 Å². The second kappa shape index (κ2) is 16.3. The van der Waals surface area contributed by atoms with E-state index in [4.69, 9.17) is 32.7 Å². The van der Waals surface area contributed by atoms with Crippen molar-refractivity contribution in [3.05, 3.63) is 142 Å². The Morgan fingerprint density at radius 2 is 0.895 bits per heavy atom. The molecule has 6 rings (SSSR count). The fourth-order valence-corrected chi connectivity index (χ4v) is 5.65. The molecule has 0 radical (unpaired) electrons. The normalized spacial score (nSPS) is 11.6. The molecule has 0 spiro atoms. The van der Waals surface area contributed by atoms with Crippen LogP contribution in [0, 0.1) is 0 Å². The molecule has 0 unspecified atom stereocenters. The van der Waals surface area contributed by atoms with Crippen LogP contribution in [0.25, 0.3) is 33.9 Å². The predicted octanol–water partition coefficient (Wildman–Crippen LogP) is 8.82. The van der Waals surface area contributed by atoms with Gasteiger partial charge in [0.15, 0.2) is 24.6 Å². The number of hydrogen-bond donors (Lipinski definition) is 0. The Morgan fingerprint density at radius 3 is 1.23 bits per heavy atom. The monoisotopic (exact) mass is 830 g/mol. The molecule has 11 nitrogen and oxygen atoms in total. The lowest BCUT2D eigenvalue weighted by atomic mass is 10.1. The summed E-state index contributed by atoms with van der Waals surface area (Å²) in [5.41, 5.74) is -1.74. The first-order chi connectivity index (χ1) is 27.0. The van der Waals surface area contributed by atoms with Crippen LogP contribution in [0.2, 0.25) is 10.0 Å². The van der Waals surface area contributed by atoms with Crippen molar-refractivity contribution >= 4 is 47.1 Å². The smallest absolute Gasteiger partial charge is 0.435 e. The summed E-state index contributed by atoms with van der Waals surface area (Å²) in [5, 5.41) is 7.60. The molecule has 0 bridgehead atoms. The molecule has 0 atom stereocenters. The number of rotatable bonds is 10. The molecule has 4 aromatic carbocycles. The zero-order chi connectivity index (χ0) is 41.1.